The summed E-state index contributed by atoms with van der Waals surface area (Å²) in [5.41, 5.74) is -0.852. The van der Waals surface area contributed by atoms with Crippen LogP contribution in [-0.4, -0.2) is 82.4 Å². The van der Waals surface area contributed by atoms with Crippen molar-refractivity contribution in [3.63, 3.8) is 0 Å². The predicted octanol–water partition coefficient (Wildman–Crippen LogP) is 13.4. The number of hydrogen-bond acceptors (Lipinski definition) is 5. The molecule has 0 saturated carbocycles. The van der Waals surface area contributed by atoms with Crippen LogP contribution in [0.5, 0.6) is 11.5 Å². The van der Waals surface area contributed by atoms with Crippen LogP contribution in [0.15, 0.2) is 61.2 Å². The van der Waals surface area contributed by atoms with Gasteiger partial charge >= 0.3 is 53.7 Å². The van der Waals surface area contributed by atoms with E-state index >= 15 is 0 Å². The summed E-state index contributed by atoms with van der Waals surface area (Å²) in [7, 11) is -2.51. The largest absolute Gasteiger partial charge is 0.497 e. The van der Waals surface area contributed by atoms with Gasteiger partial charge in [-0.25, -0.2) is 4.79 Å². The molecular weight excluding hydrogens is 889 g/mol. The van der Waals surface area contributed by atoms with E-state index in [-0.39, 0.29) is 12.4 Å². The van der Waals surface area contributed by atoms with E-state index in [9.17, 15) is 79.4 Å². The fourth-order valence-corrected chi connectivity index (χ4v) is 10.5. The number of methoxy groups -OCH3 is 1. The first-order chi connectivity index (χ1) is 27.6. The third-order valence-corrected chi connectivity index (χ3v) is 15.6. The number of alkyl halides is 17. The smallest absolute Gasteiger partial charge is 0.460 e. The van der Waals surface area contributed by atoms with Crippen LogP contribution in [0.3, 0.4) is 0 Å². The van der Waals surface area contributed by atoms with E-state index in [1.165, 1.54) is 65.1 Å². The topological polar surface area (TPSA) is 66.0 Å². The Kier molecular flexibility index (Phi) is 16.4. The Hall–Kier alpha value is -3.96. The Morgan fingerprint density at radius 2 is 1.10 bits per heavy atom. The molecule has 0 aliphatic heterocycles. The second kappa shape index (κ2) is 18.8. The van der Waals surface area contributed by atoms with Crippen molar-refractivity contribution >= 4 is 20.1 Å². The molecule has 6 nitrogen and oxygen atoms in total. The van der Waals surface area contributed by atoms with Crippen LogP contribution in [0.25, 0.3) is 0 Å². The molecule has 1 amide bonds. The zero-order valence-corrected chi connectivity index (χ0v) is 34.0. The SMILES string of the molecule is C=C[C@H](C)[C@@H](OC(=O)Nc1ccc(OC)cc1)c1ccc(OCCO[Si](CCC(F)(F)C(F)(F)C(F)(F)C(F)(F)C(F)(F)C(F)(F)C(F)(F)C(F)(F)F)(C(C)C)C(C)C)cc1. The summed E-state index contributed by atoms with van der Waals surface area (Å²) in [6.45, 7) is 9.85. The summed E-state index contributed by atoms with van der Waals surface area (Å²) in [6, 6.07) is 10.9. The molecule has 0 bridgehead atoms. The highest BCUT2D eigenvalue weighted by Gasteiger charge is 2.95. The number of ether oxygens (including phenoxy) is 3. The number of anilines is 1. The number of nitrogens with one attached hydrogen (secondary N) is 1. The second-order valence-electron chi connectivity index (χ2n) is 14.5. The minimum atomic E-state index is -8.69. The first-order valence-electron chi connectivity index (χ1n) is 17.9. The number of benzene rings is 2. The normalized spacial score (nSPS) is 15.1. The van der Waals surface area contributed by atoms with Gasteiger partial charge in [0.1, 0.15) is 24.2 Å². The monoisotopic (exact) mass is 931 g/mol. The van der Waals surface area contributed by atoms with Gasteiger partial charge in [-0.05, 0) is 59.1 Å². The maximum Gasteiger partial charge on any atom is 0.460 e. The lowest BCUT2D eigenvalue weighted by Crippen LogP contribution is -2.74. The average Bonchev–Trinajstić information content (AvgIpc) is 3.15. The lowest BCUT2D eigenvalue weighted by atomic mass is 9.88. The number of rotatable bonds is 22. The molecule has 2 atom stereocenters. The van der Waals surface area contributed by atoms with Gasteiger partial charge in [0.15, 0.2) is 8.32 Å². The quantitative estimate of drug-likeness (QED) is 0.0551. The Morgan fingerprint density at radius 3 is 1.52 bits per heavy atom. The highest BCUT2D eigenvalue weighted by atomic mass is 28.4. The minimum Gasteiger partial charge on any atom is -0.497 e. The summed E-state index contributed by atoms with van der Waals surface area (Å²) in [4.78, 5) is 12.7. The van der Waals surface area contributed by atoms with Gasteiger partial charge in [0.05, 0.1) is 13.7 Å². The highest BCUT2D eigenvalue weighted by molar-refractivity contribution is 6.76. The van der Waals surface area contributed by atoms with Gasteiger partial charge in [-0.2, -0.15) is 74.6 Å². The molecule has 1 N–H and O–H groups in total. The van der Waals surface area contributed by atoms with E-state index in [1.807, 2.05) is 0 Å². The molecule has 24 heteroatoms. The molecule has 0 unspecified atom stereocenters. The van der Waals surface area contributed by atoms with Gasteiger partial charge in [-0.3, -0.25) is 5.32 Å². The highest BCUT2D eigenvalue weighted by Crippen LogP contribution is 2.64. The summed E-state index contributed by atoms with van der Waals surface area (Å²) in [5.74, 6) is -56.4. The van der Waals surface area contributed by atoms with Crippen LogP contribution in [0.4, 0.5) is 85.1 Å². The van der Waals surface area contributed by atoms with Gasteiger partial charge in [0.25, 0.3) is 0 Å². The molecule has 348 valence electrons. The number of hydrogen-bond donors (Lipinski definition) is 1. The van der Waals surface area contributed by atoms with E-state index < -0.39 is 104 Å². The molecular formula is C37H42F17NO5Si. The van der Waals surface area contributed by atoms with Crippen molar-refractivity contribution in [2.75, 3.05) is 25.6 Å². The predicted molar refractivity (Wildman–Crippen MR) is 189 cm³/mol. The number of carbonyl (C=O) groups is 1. The fourth-order valence-electron chi connectivity index (χ4n) is 6.04. The average molecular weight is 932 g/mol. The van der Waals surface area contributed by atoms with Crippen LogP contribution in [0.2, 0.25) is 17.1 Å². The van der Waals surface area contributed by atoms with Crippen LogP contribution in [0.1, 0.15) is 52.7 Å². The number of amides is 1. The van der Waals surface area contributed by atoms with Crippen molar-refractivity contribution in [1.29, 1.82) is 0 Å². The van der Waals surface area contributed by atoms with Crippen LogP contribution in [0, 0.1) is 5.92 Å². The molecule has 0 aliphatic rings. The van der Waals surface area contributed by atoms with E-state index in [4.69, 9.17) is 18.6 Å². The molecule has 0 heterocycles. The summed E-state index contributed by atoms with van der Waals surface area (Å²) >= 11 is 0. The maximum atomic E-state index is 14.9. The van der Waals surface area contributed by atoms with Crippen molar-refractivity contribution in [3.05, 3.63) is 66.7 Å². The van der Waals surface area contributed by atoms with Crippen molar-refractivity contribution in [2.24, 2.45) is 5.92 Å². The van der Waals surface area contributed by atoms with Gasteiger partial charge in [0, 0.05) is 18.0 Å². The summed E-state index contributed by atoms with van der Waals surface area (Å²) in [6.07, 6.45) is -10.5. The van der Waals surface area contributed by atoms with Crippen LogP contribution < -0.4 is 14.8 Å². The van der Waals surface area contributed by atoms with Crippen LogP contribution >= 0.6 is 0 Å². The van der Waals surface area contributed by atoms with Gasteiger partial charge < -0.3 is 18.6 Å². The minimum absolute atomic E-state index is 0.158. The number of halogens is 17. The Labute approximate surface area is 339 Å². The standard InChI is InChI=1S/C37H42F17NO5Si/c1-8-23(6)28(60-29(56)55-25-11-15-26(57-7)16-12-25)24-9-13-27(14-10-24)58-18-19-59-61(21(2)3,22(4)5)20-17-30(38,39)31(40,41)32(42,43)33(44,45)34(46,47)35(48,49)36(50,51)37(52,53)54/h8-16,21-23,28H,1,17-20H2,2-7H3,(H,55,56)/t23-,28+/m0/s1. The molecule has 0 saturated heterocycles. The molecule has 0 spiro atoms. The molecule has 2 aromatic rings. The summed E-state index contributed by atoms with van der Waals surface area (Å²) < 4.78 is 257. The van der Waals surface area contributed by atoms with Gasteiger partial charge in [0.2, 0.25) is 0 Å². The molecule has 0 aromatic heterocycles. The maximum absolute atomic E-state index is 14.9. The third-order valence-electron chi connectivity index (χ3n) is 9.92. The molecule has 61 heavy (non-hydrogen) atoms. The molecule has 2 aromatic carbocycles. The summed E-state index contributed by atoms with van der Waals surface area (Å²) in [5, 5.41) is 2.57. The van der Waals surface area contributed by atoms with Crippen LogP contribution in [-0.2, 0) is 9.16 Å². The van der Waals surface area contributed by atoms with Crippen molar-refractivity contribution < 1.29 is 98.1 Å². The Bertz CT molecular complexity index is 1750. The number of carbonyl (C=O) groups excluding carboxylic acids is 1. The third kappa shape index (κ3) is 10.3. The fraction of sp³-hybridized carbons (Fsp3) is 0.595. The van der Waals surface area contributed by atoms with E-state index in [1.54, 1.807) is 31.2 Å². The van der Waals surface area contributed by atoms with E-state index in [0.29, 0.717) is 17.0 Å². The first-order valence-corrected chi connectivity index (χ1v) is 20.2. The second-order valence-corrected chi connectivity index (χ2v) is 19.5. The lowest BCUT2D eigenvalue weighted by Gasteiger charge is -2.44. The van der Waals surface area contributed by atoms with Crippen molar-refractivity contribution in [2.45, 2.75) is 112 Å². The van der Waals surface area contributed by atoms with E-state index in [0.717, 1.165) is 0 Å². The molecule has 0 fully saturated rings. The van der Waals surface area contributed by atoms with Crippen molar-refractivity contribution in [1.82, 2.24) is 0 Å². The molecule has 2 rings (SSSR count). The van der Waals surface area contributed by atoms with Crippen molar-refractivity contribution in [3.8, 4) is 11.5 Å². The van der Waals surface area contributed by atoms with Gasteiger partial charge in [-0.15, -0.1) is 6.58 Å². The van der Waals surface area contributed by atoms with E-state index in [2.05, 4.69) is 11.9 Å². The lowest BCUT2D eigenvalue weighted by molar-refractivity contribution is -0.461. The molecule has 0 radical (unpaired) electrons. The Morgan fingerprint density at radius 1 is 0.656 bits per heavy atom. The van der Waals surface area contributed by atoms with Gasteiger partial charge in [-0.1, -0.05) is 52.8 Å². The first kappa shape index (κ1) is 53.2. The molecule has 0 aliphatic carbocycles. The zero-order chi connectivity index (χ0) is 47.4. The Balaban J connectivity index is 2.24. The zero-order valence-electron chi connectivity index (χ0n) is 33.0.